The van der Waals surface area contributed by atoms with E-state index in [9.17, 15) is 0 Å². The summed E-state index contributed by atoms with van der Waals surface area (Å²) in [5.41, 5.74) is 7.21. The minimum absolute atomic E-state index is 0.0384. The van der Waals surface area contributed by atoms with Gasteiger partial charge >= 0.3 is 0 Å². The SMILES string of the molecule is COc1cccc(OC)c1C(N)CCC(C)C. The molecule has 1 atom stereocenters. The molecule has 17 heavy (non-hydrogen) atoms. The molecular formula is C14H23NO2. The largest absolute Gasteiger partial charge is 0.496 e. The van der Waals surface area contributed by atoms with E-state index in [1.807, 2.05) is 18.2 Å². The van der Waals surface area contributed by atoms with Gasteiger partial charge < -0.3 is 15.2 Å². The van der Waals surface area contributed by atoms with Gasteiger partial charge in [-0.25, -0.2) is 0 Å². The molecule has 0 amide bonds. The standard InChI is InChI=1S/C14H23NO2/c1-10(2)8-9-11(15)14-12(16-3)6-5-7-13(14)17-4/h5-7,10-11H,8-9,15H2,1-4H3. The molecule has 0 spiro atoms. The van der Waals surface area contributed by atoms with Crippen molar-refractivity contribution in [2.45, 2.75) is 32.7 Å². The molecule has 0 aliphatic carbocycles. The maximum absolute atomic E-state index is 6.24. The molecule has 0 radical (unpaired) electrons. The van der Waals surface area contributed by atoms with E-state index in [1.165, 1.54) is 0 Å². The second-order valence-electron chi connectivity index (χ2n) is 4.65. The van der Waals surface area contributed by atoms with Gasteiger partial charge in [0.1, 0.15) is 11.5 Å². The van der Waals surface area contributed by atoms with Crippen molar-refractivity contribution >= 4 is 0 Å². The molecule has 0 saturated heterocycles. The van der Waals surface area contributed by atoms with Crippen LogP contribution in [-0.2, 0) is 0 Å². The third-order valence-corrected chi connectivity index (χ3v) is 2.89. The summed E-state index contributed by atoms with van der Waals surface area (Å²) >= 11 is 0. The van der Waals surface area contributed by atoms with Crippen molar-refractivity contribution in [2.75, 3.05) is 14.2 Å². The first kappa shape index (κ1) is 13.8. The van der Waals surface area contributed by atoms with Crippen LogP contribution in [-0.4, -0.2) is 14.2 Å². The second-order valence-corrected chi connectivity index (χ2v) is 4.65. The van der Waals surface area contributed by atoms with E-state index < -0.39 is 0 Å². The fourth-order valence-corrected chi connectivity index (χ4v) is 1.90. The van der Waals surface area contributed by atoms with Gasteiger partial charge in [-0.1, -0.05) is 19.9 Å². The fraction of sp³-hybridized carbons (Fsp3) is 0.571. The normalized spacial score (nSPS) is 12.6. The summed E-state index contributed by atoms with van der Waals surface area (Å²) in [6.45, 7) is 4.40. The zero-order valence-electron chi connectivity index (χ0n) is 11.2. The minimum Gasteiger partial charge on any atom is -0.496 e. The average Bonchev–Trinajstić information content (AvgIpc) is 2.34. The molecule has 0 saturated carbocycles. The van der Waals surface area contributed by atoms with E-state index in [0.717, 1.165) is 29.9 Å². The molecule has 1 aromatic rings. The predicted molar refractivity (Wildman–Crippen MR) is 70.5 cm³/mol. The van der Waals surface area contributed by atoms with Crippen molar-refractivity contribution in [1.82, 2.24) is 0 Å². The van der Waals surface area contributed by atoms with Crippen LogP contribution in [0, 0.1) is 5.92 Å². The molecule has 3 heteroatoms. The van der Waals surface area contributed by atoms with E-state index >= 15 is 0 Å². The lowest BCUT2D eigenvalue weighted by Crippen LogP contribution is -2.13. The van der Waals surface area contributed by atoms with Crippen molar-refractivity contribution in [3.63, 3.8) is 0 Å². The summed E-state index contributed by atoms with van der Waals surface area (Å²) in [4.78, 5) is 0. The van der Waals surface area contributed by atoms with Gasteiger partial charge in [0.15, 0.2) is 0 Å². The fourth-order valence-electron chi connectivity index (χ4n) is 1.90. The first-order valence-corrected chi connectivity index (χ1v) is 6.06. The number of methoxy groups -OCH3 is 2. The second kappa shape index (κ2) is 6.50. The Bertz CT molecular complexity index is 328. The summed E-state index contributed by atoms with van der Waals surface area (Å²) in [5.74, 6) is 2.27. The molecule has 1 unspecified atom stereocenters. The Morgan fingerprint density at radius 3 is 2.00 bits per heavy atom. The summed E-state index contributed by atoms with van der Waals surface area (Å²) in [6, 6.07) is 5.72. The van der Waals surface area contributed by atoms with Crippen molar-refractivity contribution in [3.8, 4) is 11.5 Å². The van der Waals surface area contributed by atoms with Crippen LogP contribution >= 0.6 is 0 Å². The molecule has 0 aliphatic heterocycles. The summed E-state index contributed by atoms with van der Waals surface area (Å²) in [5, 5.41) is 0. The minimum atomic E-state index is -0.0384. The van der Waals surface area contributed by atoms with Crippen molar-refractivity contribution in [2.24, 2.45) is 11.7 Å². The first-order valence-electron chi connectivity index (χ1n) is 6.06. The Morgan fingerprint density at radius 2 is 1.59 bits per heavy atom. The third-order valence-electron chi connectivity index (χ3n) is 2.89. The van der Waals surface area contributed by atoms with E-state index in [4.69, 9.17) is 15.2 Å². The van der Waals surface area contributed by atoms with Crippen LogP contribution in [0.2, 0.25) is 0 Å². The zero-order chi connectivity index (χ0) is 12.8. The van der Waals surface area contributed by atoms with Crippen molar-refractivity contribution in [1.29, 1.82) is 0 Å². The average molecular weight is 237 g/mol. The van der Waals surface area contributed by atoms with Gasteiger partial charge in [-0.3, -0.25) is 0 Å². The summed E-state index contributed by atoms with van der Waals surface area (Å²) in [7, 11) is 3.32. The maximum atomic E-state index is 6.24. The van der Waals surface area contributed by atoms with Gasteiger partial charge in [0.25, 0.3) is 0 Å². The van der Waals surface area contributed by atoms with Crippen molar-refractivity contribution < 1.29 is 9.47 Å². The summed E-state index contributed by atoms with van der Waals surface area (Å²) in [6.07, 6.45) is 2.04. The van der Waals surface area contributed by atoms with Crippen LogP contribution in [0.4, 0.5) is 0 Å². The molecule has 0 bridgehead atoms. The number of ether oxygens (including phenoxy) is 2. The molecule has 1 rings (SSSR count). The van der Waals surface area contributed by atoms with Crippen LogP contribution in [0.3, 0.4) is 0 Å². The van der Waals surface area contributed by atoms with Crippen LogP contribution in [0.25, 0.3) is 0 Å². The van der Waals surface area contributed by atoms with Crippen LogP contribution in [0.15, 0.2) is 18.2 Å². The lowest BCUT2D eigenvalue weighted by molar-refractivity contribution is 0.373. The Kier molecular flexibility index (Phi) is 5.29. The van der Waals surface area contributed by atoms with Crippen LogP contribution in [0.1, 0.15) is 38.3 Å². The Balaban J connectivity index is 2.92. The van der Waals surface area contributed by atoms with Gasteiger partial charge in [0, 0.05) is 6.04 Å². The van der Waals surface area contributed by atoms with Gasteiger partial charge in [0.2, 0.25) is 0 Å². The number of nitrogens with two attached hydrogens (primary N) is 1. The molecule has 96 valence electrons. The molecule has 0 heterocycles. The zero-order valence-corrected chi connectivity index (χ0v) is 11.2. The van der Waals surface area contributed by atoms with Crippen molar-refractivity contribution in [3.05, 3.63) is 23.8 Å². The van der Waals surface area contributed by atoms with Crippen LogP contribution < -0.4 is 15.2 Å². The van der Waals surface area contributed by atoms with Gasteiger partial charge in [-0.05, 0) is 30.9 Å². The maximum Gasteiger partial charge on any atom is 0.127 e. The first-order chi connectivity index (χ1) is 8.10. The highest BCUT2D eigenvalue weighted by Crippen LogP contribution is 2.35. The number of benzene rings is 1. The molecule has 3 nitrogen and oxygen atoms in total. The van der Waals surface area contributed by atoms with Gasteiger partial charge in [-0.15, -0.1) is 0 Å². The Morgan fingerprint density at radius 1 is 1.06 bits per heavy atom. The molecular weight excluding hydrogens is 214 g/mol. The number of rotatable bonds is 6. The highest BCUT2D eigenvalue weighted by Gasteiger charge is 2.17. The van der Waals surface area contributed by atoms with E-state index in [2.05, 4.69) is 13.8 Å². The lowest BCUT2D eigenvalue weighted by atomic mass is 9.97. The molecule has 2 N–H and O–H groups in total. The van der Waals surface area contributed by atoms with E-state index in [-0.39, 0.29) is 6.04 Å². The topological polar surface area (TPSA) is 44.5 Å². The predicted octanol–water partition coefficient (Wildman–Crippen LogP) is 3.14. The van der Waals surface area contributed by atoms with Gasteiger partial charge in [-0.2, -0.15) is 0 Å². The van der Waals surface area contributed by atoms with E-state index in [0.29, 0.717) is 5.92 Å². The molecule has 0 aromatic heterocycles. The summed E-state index contributed by atoms with van der Waals surface area (Å²) < 4.78 is 10.7. The highest BCUT2D eigenvalue weighted by molar-refractivity contribution is 5.46. The molecule has 0 aliphatic rings. The Labute approximate surface area is 104 Å². The molecule has 1 aromatic carbocycles. The molecule has 0 fully saturated rings. The monoisotopic (exact) mass is 237 g/mol. The van der Waals surface area contributed by atoms with Crippen LogP contribution in [0.5, 0.6) is 11.5 Å². The third kappa shape index (κ3) is 3.63. The van der Waals surface area contributed by atoms with Gasteiger partial charge in [0.05, 0.1) is 19.8 Å². The highest BCUT2D eigenvalue weighted by atomic mass is 16.5. The van der Waals surface area contributed by atoms with E-state index in [1.54, 1.807) is 14.2 Å². The number of hydrogen-bond donors (Lipinski definition) is 1. The Hall–Kier alpha value is -1.22. The number of hydrogen-bond acceptors (Lipinski definition) is 3. The smallest absolute Gasteiger partial charge is 0.127 e. The lowest BCUT2D eigenvalue weighted by Gasteiger charge is -2.19. The quantitative estimate of drug-likeness (QED) is 0.826.